The van der Waals surface area contributed by atoms with Crippen molar-refractivity contribution in [3.05, 3.63) is 0 Å². The van der Waals surface area contributed by atoms with Crippen LogP contribution in [0, 0.1) is 10.8 Å². The first-order valence-corrected chi connectivity index (χ1v) is 6.67. The van der Waals surface area contributed by atoms with E-state index >= 15 is 0 Å². The summed E-state index contributed by atoms with van der Waals surface area (Å²) in [6, 6.07) is 0. The van der Waals surface area contributed by atoms with Gasteiger partial charge in [0, 0.05) is 18.5 Å². The Morgan fingerprint density at radius 1 is 1.11 bits per heavy atom. The Bertz CT molecular complexity index is 363. The standard InChI is InChI=1S/C13H23N3O2/c1-12(3-6-15-7-4-12)11(18)16-8-5-13(2,9-16)10(14)17/h15H,3-9H2,1-2H3,(H2,14,17). The molecule has 1 atom stereocenters. The molecule has 0 saturated carbocycles. The predicted octanol–water partition coefficient (Wildman–Crippen LogP) is 0.1000. The maximum Gasteiger partial charge on any atom is 0.228 e. The van der Waals surface area contributed by atoms with Gasteiger partial charge in [0.25, 0.3) is 0 Å². The minimum atomic E-state index is -0.543. The third-order valence-electron chi connectivity index (χ3n) is 4.58. The van der Waals surface area contributed by atoms with E-state index in [0.29, 0.717) is 19.5 Å². The van der Waals surface area contributed by atoms with Crippen LogP contribution in [0.25, 0.3) is 0 Å². The van der Waals surface area contributed by atoms with Crippen LogP contribution in [0.3, 0.4) is 0 Å². The maximum absolute atomic E-state index is 12.6. The second-order valence-corrected chi connectivity index (χ2v) is 6.21. The van der Waals surface area contributed by atoms with Crippen molar-refractivity contribution in [2.75, 3.05) is 26.2 Å². The third-order valence-corrected chi connectivity index (χ3v) is 4.58. The SMILES string of the molecule is CC1(C(N)=O)CCN(C(=O)C2(C)CCNCC2)C1. The summed E-state index contributed by atoms with van der Waals surface area (Å²) in [4.78, 5) is 25.8. The van der Waals surface area contributed by atoms with Gasteiger partial charge in [0.15, 0.2) is 0 Å². The normalized spacial score (nSPS) is 31.3. The monoisotopic (exact) mass is 253 g/mol. The lowest BCUT2D eigenvalue weighted by atomic mass is 9.79. The van der Waals surface area contributed by atoms with Gasteiger partial charge in [-0.15, -0.1) is 0 Å². The molecule has 0 spiro atoms. The number of nitrogens with two attached hydrogens (primary N) is 1. The molecule has 2 rings (SSSR count). The van der Waals surface area contributed by atoms with Gasteiger partial charge in [-0.25, -0.2) is 0 Å². The molecule has 1 unspecified atom stereocenters. The summed E-state index contributed by atoms with van der Waals surface area (Å²) in [6.45, 7) is 6.81. The van der Waals surface area contributed by atoms with Crippen LogP contribution in [0.4, 0.5) is 0 Å². The van der Waals surface area contributed by atoms with E-state index in [1.54, 1.807) is 0 Å². The van der Waals surface area contributed by atoms with Crippen molar-refractivity contribution in [1.29, 1.82) is 0 Å². The summed E-state index contributed by atoms with van der Waals surface area (Å²) >= 11 is 0. The van der Waals surface area contributed by atoms with Crippen molar-refractivity contribution in [3.8, 4) is 0 Å². The first-order valence-electron chi connectivity index (χ1n) is 6.67. The fourth-order valence-electron chi connectivity index (χ4n) is 2.91. The Morgan fingerprint density at radius 3 is 2.22 bits per heavy atom. The molecule has 2 heterocycles. The molecule has 102 valence electrons. The Hall–Kier alpha value is -1.10. The Labute approximate surface area is 108 Å². The number of carbonyl (C=O) groups is 2. The molecule has 2 saturated heterocycles. The van der Waals surface area contributed by atoms with Crippen molar-refractivity contribution < 1.29 is 9.59 Å². The fourth-order valence-corrected chi connectivity index (χ4v) is 2.91. The molecule has 0 aliphatic carbocycles. The molecule has 2 aliphatic rings. The number of hydrogen-bond acceptors (Lipinski definition) is 3. The first-order chi connectivity index (χ1) is 8.37. The number of nitrogens with zero attached hydrogens (tertiary/aromatic N) is 1. The second kappa shape index (κ2) is 4.53. The van der Waals surface area contributed by atoms with Crippen LogP contribution in [0.15, 0.2) is 0 Å². The molecule has 5 nitrogen and oxygen atoms in total. The number of hydrogen-bond donors (Lipinski definition) is 2. The Balaban J connectivity index is 2.05. The highest BCUT2D eigenvalue weighted by Crippen LogP contribution is 2.36. The minimum absolute atomic E-state index is 0.189. The van der Waals surface area contributed by atoms with E-state index < -0.39 is 5.41 Å². The number of rotatable bonds is 2. The van der Waals surface area contributed by atoms with Gasteiger partial charge in [-0.3, -0.25) is 9.59 Å². The van der Waals surface area contributed by atoms with Crippen molar-refractivity contribution >= 4 is 11.8 Å². The number of carbonyl (C=O) groups excluding carboxylic acids is 2. The van der Waals surface area contributed by atoms with Gasteiger partial charge in [0.05, 0.1) is 5.41 Å². The smallest absolute Gasteiger partial charge is 0.228 e. The zero-order valence-electron chi connectivity index (χ0n) is 11.3. The topological polar surface area (TPSA) is 75.4 Å². The number of amides is 2. The lowest BCUT2D eigenvalue weighted by molar-refractivity contribution is -0.142. The van der Waals surface area contributed by atoms with Gasteiger partial charge < -0.3 is 16.0 Å². The average Bonchev–Trinajstić information content (AvgIpc) is 2.73. The number of primary amides is 1. The molecule has 2 amide bonds. The molecule has 0 bridgehead atoms. The molecule has 18 heavy (non-hydrogen) atoms. The van der Waals surface area contributed by atoms with Crippen LogP contribution in [0.1, 0.15) is 33.1 Å². The molecule has 2 fully saturated rings. The molecule has 0 aromatic carbocycles. The molecule has 2 aliphatic heterocycles. The second-order valence-electron chi connectivity index (χ2n) is 6.21. The van der Waals surface area contributed by atoms with E-state index in [0.717, 1.165) is 25.9 Å². The van der Waals surface area contributed by atoms with Crippen molar-refractivity contribution in [2.45, 2.75) is 33.1 Å². The van der Waals surface area contributed by atoms with Crippen molar-refractivity contribution in [1.82, 2.24) is 10.2 Å². The van der Waals surface area contributed by atoms with Crippen LogP contribution in [0.5, 0.6) is 0 Å². The Kier molecular flexibility index (Phi) is 3.36. The highest BCUT2D eigenvalue weighted by Gasteiger charge is 2.45. The number of likely N-dealkylation sites (tertiary alicyclic amines) is 1. The van der Waals surface area contributed by atoms with Gasteiger partial charge in [-0.1, -0.05) is 6.92 Å². The first kappa shape index (κ1) is 13.3. The summed E-state index contributed by atoms with van der Waals surface area (Å²) in [5.41, 5.74) is 4.61. The third kappa shape index (κ3) is 2.23. The van der Waals surface area contributed by atoms with Crippen LogP contribution in [0.2, 0.25) is 0 Å². The van der Waals surface area contributed by atoms with E-state index in [-0.39, 0.29) is 17.2 Å². The largest absolute Gasteiger partial charge is 0.369 e. The quantitative estimate of drug-likeness (QED) is 0.733. The van der Waals surface area contributed by atoms with E-state index in [2.05, 4.69) is 5.32 Å². The molecular weight excluding hydrogens is 230 g/mol. The van der Waals surface area contributed by atoms with Gasteiger partial charge in [0.1, 0.15) is 0 Å². The van der Waals surface area contributed by atoms with Crippen molar-refractivity contribution in [3.63, 3.8) is 0 Å². The lowest BCUT2D eigenvalue weighted by Crippen LogP contribution is -2.48. The molecule has 0 radical (unpaired) electrons. The van der Waals surface area contributed by atoms with Gasteiger partial charge >= 0.3 is 0 Å². The summed E-state index contributed by atoms with van der Waals surface area (Å²) in [5.74, 6) is -0.109. The van der Waals surface area contributed by atoms with Crippen LogP contribution in [-0.2, 0) is 9.59 Å². The highest BCUT2D eigenvalue weighted by atomic mass is 16.2. The Morgan fingerprint density at radius 2 is 1.72 bits per heavy atom. The zero-order chi connectivity index (χ0) is 13.4. The van der Waals surface area contributed by atoms with Crippen LogP contribution >= 0.6 is 0 Å². The summed E-state index contributed by atoms with van der Waals surface area (Å²) < 4.78 is 0. The van der Waals surface area contributed by atoms with Gasteiger partial charge in [-0.05, 0) is 39.3 Å². The summed E-state index contributed by atoms with van der Waals surface area (Å²) in [6.07, 6.45) is 2.42. The molecule has 0 aromatic rings. The zero-order valence-corrected chi connectivity index (χ0v) is 11.3. The van der Waals surface area contributed by atoms with E-state index in [1.165, 1.54) is 0 Å². The van der Waals surface area contributed by atoms with E-state index in [4.69, 9.17) is 5.73 Å². The van der Waals surface area contributed by atoms with E-state index in [1.807, 2.05) is 18.7 Å². The molecular formula is C13H23N3O2. The molecule has 5 heteroatoms. The average molecular weight is 253 g/mol. The van der Waals surface area contributed by atoms with Gasteiger partial charge in [0.2, 0.25) is 11.8 Å². The molecule has 3 N–H and O–H groups in total. The molecule has 0 aromatic heterocycles. The maximum atomic E-state index is 12.6. The van der Waals surface area contributed by atoms with E-state index in [9.17, 15) is 9.59 Å². The number of piperidine rings is 1. The predicted molar refractivity (Wildman–Crippen MR) is 68.7 cm³/mol. The summed E-state index contributed by atoms with van der Waals surface area (Å²) in [5, 5.41) is 3.28. The fraction of sp³-hybridized carbons (Fsp3) is 0.846. The minimum Gasteiger partial charge on any atom is -0.369 e. The van der Waals surface area contributed by atoms with Crippen LogP contribution in [-0.4, -0.2) is 42.9 Å². The van der Waals surface area contributed by atoms with Crippen molar-refractivity contribution in [2.24, 2.45) is 16.6 Å². The number of nitrogens with one attached hydrogen (secondary N) is 1. The lowest BCUT2D eigenvalue weighted by Gasteiger charge is -2.36. The van der Waals surface area contributed by atoms with Crippen LogP contribution < -0.4 is 11.1 Å². The summed E-state index contributed by atoms with van der Waals surface area (Å²) in [7, 11) is 0. The van der Waals surface area contributed by atoms with Gasteiger partial charge in [-0.2, -0.15) is 0 Å². The highest BCUT2D eigenvalue weighted by molar-refractivity contribution is 5.86.